The topological polar surface area (TPSA) is 83.3 Å². The molecule has 0 bridgehead atoms. The van der Waals surface area contributed by atoms with E-state index in [-0.39, 0.29) is 10.5 Å². The molecule has 4 rings (SSSR count). The highest BCUT2D eigenvalue weighted by Gasteiger charge is 2.31. The van der Waals surface area contributed by atoms with Gasteiger partial charge in [0.2, 0.25) is 0 Å². The van der Waals surface area contributed by atoms with Gasteiger partial charge >= 0.3 is 0 Å². The Morgan fingerprint density at radius 3 is 2.63 bits per heavy atom. The van der Waals surface area contributed by atoms with Gasteiger partial charge < -0.3 is 4.74 Å². The summed E-state index contributed by atoms with van der Waals surface area (Å²) in [6, 6.07) is 12.3. The first-order valence-corrected chi connectivity index (χ1v) is 11.4. The van der Waals surface area contributed by atoms with Crippen molar-refractivity contribution in [3.63, 3.8) is 0 Å². The summed E-state index contributed by atoms with van der Waals surface area (Å²) in [5.41, 5.74) is 1.56. The first-order chi connectivity index (χ1) is 14.5. The van der Waals surface area contributed by atoms with Gasteiger partial charge in [0.05, 0.1) is 29.5 Å². The van der Waals surface area contributed by atoms with Crippen LogP contribution in [0.25, 0.3) is 11.1 Å². The lowest BCUT2D eigenvalue weighted by molar-refractivity contribution is 0.414. The molecule has 2 aromatic carbocycles. The Hall–Kier alpha value is -3.09. The fraction of sp³-hybridized carbons (Fsp3) is 0.143. The predicted molar refractivity (Wildman–Crippen MR) is 113 cm³/mol. The molecule has 0 aliphatic carbocycles. The van der Waals surface area contributed by atoms with Crippen molar-refractivity contribution in [2.45, 2.75) is 9.79 Å². The number of benzene rings is 2. The number of ether oxygens (including phenoxy) is 1. The number of nitrogens with zero attached hydrogens (tertiary/aromatic N) is 3. The number of nitriles is 1. The van der Waals surface area contributed by atoms with Gasteiger partial charge in [-0.25, -0.2) is 12.8 Å². The van der Waals surface area contributed by atoms with Crippen LogP contribution in [0, 0.1) is 17.1 Å². The van der Waals surface area contributed by atoms with Gasteiger partial charge in [-0.15, -0.1) is 11.8 Å². The highest BCUT2D eigenvalue weighted by atomic mass is 32.2. The molecule has 0 N–H and O–H groups in total. The first kappa shape index (κ1) is 20.2. The minimum atomic E-state index is -3.81. The number of thioether (sulfide) groups is 1. The van der Waals surface area contributed by atoms with Crippen LogP contribution in [-0.4, -0.2) is 32.8 Å². The summed E-state index contributed by atoms with van der Waals surface area (Å²) >= 11 is 1.49. The standard InChI is InChI=1S/C21H16FN3O3S2/c1-28-16-4-6-17(7-5-16)30(26,27)25-8-9-29-21-18(12-24-13-20(21)25)14-2-3-15(11-23)19(22)10-14/h2-7,10,12-13H,8-9H2,1H3. The average Bonchev–Trinajstić information content (AvgIpc) is 2.78. The monoisotopic (exact) mass is 441 g/mol. The smallest absolute Gasteiger partial charge is 0.264 e. The lowest BCUT2D eigenvalue weighted by Crippen LogP contribution is -2.35. The molecule has 3 aromatic rings. The number of fused-ring (bicyclic) bond motifs is 1. The Bertz CT molecular complexity index is 1260. The van der Waals surface area contributed by atoms with Crippen LogP contribution in [0.2, 0.25) is 0 Å². The fourth-order valence-corrected chi connectivity index (χ4v) is 5.97. The zero-order valence-corrected chi connectivity index (χ0v) is 17.5. The maximum Gasteiger partial charge on any atom is 0.264 e. The van der Waals surface area contributed by atoms with Crippen molar-refractivity contribution in [3.05, 3.63) is 66.2 Å². The van der Waals surface area contributed by atoms with E-state index >= 15 is 0 Å². The molecule has 30 heavy (non-hydrogen) atoms. The van der Waals surface area contributed by atoms with Gasteiger partial charge in [0.15, 0.2) is 0 Å². The molecule has 1 aromatic heterocycles. The number of pyridine rings is 1. The molecule has 0 saturated carbocycles. The lowest BCUT2D eigenvalue weighted by Gasteiger charge is -2.31. The van der Waals surface area contributed by atoms with Gasteiger partial charge in [-0.05, 0) is 42.0 Å². The van der Waals surface area contributed by atoms with Gasteiger partial charge in [0, 0.05) is 29.0 Å². The Labute approximate surface area is 178 Å². The van der Waals surface area contributed by atoms with E-state index in [0.29, 0.717) is 39.8 Å². The largest absolute Gasteiger partial charge is 0.497 e. The van der Waals surface area contributed by atoms with Crippen molar-refractivity contribution in [2.24, 2.45) is 0 Å². The minimum absolute atomic E-state index is 0.0483. The molecule has 9 heteroatoms. The number of aromatic nitrogens is 1. The van der Waals surface area contributed by atoms with Crippen LogP contribution in [0.1, 0.15) is 5.56 Å². The summed E-state index contributed by atoms with van der Waals surface area (Å²) in [5, 5.41) is 8.95. The minimum Gasteiger partial charge on any atom is -0.497 e. The number of hydrogen-bond donors (Lipinski definition) is 0. The van der Waals surface area contributed by atoms with E-state index in [2.05, 4.69) is 4.98 Å². The number of sulfonamides is 1. The maximum atomic E-state index is 14.2. The van der Waals surface area contributed by atoms with Gasteiger partial charge in [0.1, 0.15) is 17.6 Å². The highest BCUT2D eigenvalue weighted by molar-refractivity contribution is 8.00. The number of hydrogen-bond acceptors (Lipinski definition) is 6. The first-order valence-electron chi connectivity index (χ1n) is 8.93. The Morgan fingerprint density at radius 2 is 1.97 bits per heavy atom. The Balaban J connectivity index is 1.79. The van der Waals surface area contributed by atoms with E-state index in [4.69, 9.17) is 10.00 Å². The Morgan fingerprint density at radius 1 is 1.20 bits per heavy atom. The van der Waals surface area contributed by atoms with E-state index in [1.54, 1.807) is 30.5 Å². The van der Waals surface area contributed by atoms with Gasteiger partial charge in [0.25, 0.3) is 10.0 Å². The predicted octanol–water partition coefficient (Wildman–Crippen LogP) is 4.07. The molecule has 1 aliphatic rings. The molecule has 0 radical (unpaired) electrons. The molecular formula is C21H16FN3O3S2. The quantitative estimate of drug-likeness (QED) is 0.607. The SMILES string of the molecule is COc1ccc(S(=O)(=O)N2CCSc3c(-c4ccc(C#N)c(F)c4)cncc32)cc1. The normalized spacial score (nSPS) is 13.4. The molecule has 0 spiro atoms. The molecule has 0 amide bonds. The fourth-order valence-electron chi connectivity index (χ4n) is 3.22. The second kappa shape index (κ2) is 7.97. The number of halogens is 1. The van der Waals surface area contributed by atoms with E-state index < -0.39 is 15.8 Å². The highest BCUT2D eigenvalue weighted by Crippen LogP contribution is 2.43. The summed E-state index contributed by atoms with van der Waals surface area (Å²) in [6.45, 7) is 0.291. The number of methoxy groups -OCH3 is 1. The Kier molecular flexibility index (Phi) is 5.37. The van der Waals surface area contributed by atoms with Gasteiger partial charge in [-0.3, -0.25) is 9.29 Å². The maximum absolute atomic E-state index is 14.2. The summed E-state index contributed by atoms with van der Waals surface area (Å²) in [7, 11) is -2.30. The molecular weight excluding hydrogens is 425 g/mol. The molecule has 152 valence electrons. The number of anilines is 1. The van der Waals surface area contributed by atoms with Crippen LogP contribution in [-0.2, 0) is 10.0 Å². The third-order valence-electron chi connectivity index (χ3n) is 4.74. The lowest BCUT2D eigenvalue weighted by atomic mass is 10.0. The van der Waals surface area contributed by atoms with Crippen LogP contribution in [0.15, 0.2) is 64.6 Å². The van der Waals surface area contributed by atoms with Crippen molar-refractivity contribution in [1.29, 1.82) is 5.26 Å². The zero-order valence-electron chi connectivity index (χ0n) is 15.9. The second-order valence-electron chi connectivity index (χ2n) is 6.44. The van der Waals surface area contributed by atoms with Crippen LogP contribution in [0.4, 0.5) is 10.1 Å². The molecule has 0 unspecified atom stereocenters. The summed E-state index contributed by atoms with van der Waals surface area (Å²) < 4.78 is 47.2. The third kappa shape index (κ3) is 3.49. The second-order valence-corrected chi connectivity index (χ2v) is 9.41. The van der Waals surface area contributed by atoms with Crippen LogP contribution < -0.4 is 9.04 Å². The molecule has 0 atom stereocenters. The van der Waals surface area contributed by atoms with Crippen molar-refractivity contribution < 1.29 is 17.5 Å². The molecule has 0 fully saturated rings. The summed E-state index contributed by atoms with van der Waals surface area (Å²) in [4.78, 5) is 5.06. The van der Waals surface area contributed by atoms with E-state index in [1.807, 2.05) is 0 Å². The van der Waals surface area contributed by atoms with Gasteiger partial charge in [-0.1, -0.05) is 6.07 Å². The van der Waals surface area contributed by atoms with E-state index in [1.165, 1.54) is 53.6 Å². The van der Waals surface area contributed by atoms with Crippen molar-refractivity contribution in [3.8, 4) is 22.9 Å². The van der Waals surface area contributed by atoms with Crippen molar-refractivity contribution in [1.82, 2.24) is 4.98 Å². The third-order valence-corrected chi connectivity index (χ3v) is 7.67. The van der Waals surface area contributed by atoms with Gasteiger partial charge in [-0.2, -0.15) is 5.26 Å². The molecule has 6 nitrogen and oxygen atoms in total. The molecule has 2 heterocycles. The van der Waals surface area contributed by atoms with Crippen molar-refractivity contribution >= 4 is 27.5 Å². The number of rotatable bonds is 4. The molecule has 1 aliphatic heterocycles. The van der Waals surface area contributed by atoms with Crippen LogP contribution in [0.5, 0.6) is 5.75 Å². The zero-order chi connectivity index (χ0) is 21.3. The van der Waals surface area contributed by atoms with E-state index in [0.717, 1.165) is 0 Å². The average molecular weight is 442 g/mol. The summed E-state index contributed by atoms with van der Waals surface area (Å²) in [5.74, 6) is 0.476. The summed E-state index contributed by atoms with van der Waals surface area (Å²) in [6.07, 6.45) is 3.09. The van der Waals surface area contributed by atoms with Crippen molar-refractivity contribution in [2.75, 3.05) is 23.7 Å². The van der Waals surface area contributed by atoms with Crippen LogP contribution in [0.3, 0.4) is 0 Å². The van der Waals surface area contributed by atoms with E-state index in [9.17, 15) is 12.8 Å². The molecule has 0 saturated heterocycles. The van der Waals surface area contributed by atoms with Crippen LogP contribution >= 0.6 is 11.8 Å².